The summed E-state index contributed by atoms with van der Waals surface area (Å²) in [7, 11) is 0. The van der Waals surface area contributed by atoms with Crippen LogP contribution in [0.2, 0.25) is 0 Å². The Morgan fingerprint density at radius 2 is 0.731 bits per heavy atom. The van der Waals surface area contributed by atoms with Crippen LogP contribution in [-0.2, 0) is 0 Å². The summed E-state index contributed by atoms with van der Waals surface area (Å²) >= 11 is 0. The molecule has 0 spiro atoms. The number of unbranched alkanes of at least 4 members (excludes halogenated alkanes) is 18. The first kappa shape index (κ1) is 26.0. The molecule has 0 radical (unpaired) electrons. The van der Waals surface area contributed by atoms with Crippen LogP contribution in [0.3, 0.4) is 0 Å². The SMILES string of the molecule is CC[C@@H](C)CCCCCCCCCCCCCCCCCCCCCO. The van der Waals surface area contributed by atoms with Gasteiger partial charge in [0.1, 0.15) is 0 Å². The molecule has 0 aliphatic heterocycles. The fourth-order valence-electron chi connectivity index (χ4n) is 3.81. The first-order chi connectivity index (χ1) is 12.8. The largest absolute Gasteiger partial charge is 0.396 e. The van der Waals surface area contributed by atoms with Gasteiger partial charge in [-0.05, 0) is 12.3 Å². The van der Waals surface area contributed by atoms with E-state index in [9.17, 15) is 0 Å². The van der Waals surface area contributed by atoms with Crippen LogP contribution in [0.4, 0.5) is 0 Å². The summed E-state index contributed by atoms with van der Waals surface area (Å²) in [6.07, 6.45) is 29.6. The van der Waals surface area contributed by atoms with Gasteiger partial charge in [-0.25, -0.2) is 0 Å². The Morgan fingerprint density at radius 3 is 1.00 bits per heavy atom. The van der Waals surface area contributed by atoms with Crippen molar-refractivity contribution in [1.82, 2.24) is 0 Å². The number of rotatable bonds is 22. The molecule has 0 bridgehead atoms. The standard InChI is InChI=1S/C25H52O/c1-3-25(2)23-21-19-17-15-13-11-9-7-5-4-6-8-10-12-14-16-18-20-22-24-26/h25-26H,3-24H2,1-2H3/t25-/m1/s1. The van der Waals surface area contributed by atoms with Gasteiger partial charge in [0.15, 0.2) is 0 Å². The Labute approximate surface area is 166 Å². The lowest BCUT2D eigenvalue weighted by molar-refractivity contribution is 0.282. The molecule has 1 heteroatoms. The van der Waals surface area contributed by atoms with Crippen LogP contribution < -0.4 is 0 Å². The molecule has 158 valence electrons. The maximum absolute atomic E-state index is 8.73. The van der Waals surface area contributed by atoms with Crippen molar-refractivity contribution in [3.05, 3.63) is 0 Å². The van der Waals surface area contributed by atoms with Gasteiger partial charge in [0.05, 0.1) is 0 Å². The van der Waals surface area contributed by atoms with Gasteiger partial charge in [-0.2, -0.15) is 0 Å². The number of aliphatic hydroxyl groups is 1. The van der Waals surface area contributed by atoms with E-state index in [0.29, 0.717) is 6.61 Å². The van der Waals surface area contributed by atoms with E-state index in [1.165, 1.54) is 128 Å². The maximum atomic E-state index is 8.73. The molecule has 0 unspecified atom stereocenters. The second-order valence-corrected chi connectivity index (χ2v) is 8.74. The van der Waals surface area contributed by atoms with Crippen LogP contribution in [0, 0.1) is 5.92 Å². The van der Waals surface area contributed by atoms with Crippen molar-refractivity contribution in [3.8, 4) is 0 Å². The third-order valence-corrected chi connectivity index (χ3v) is 6.05. The van der Waals surface area contributed by atoms with Gasteiger partial charge in [-0.1, -0.05) is 142 Å². The Balaban J connectivity index is 2.99. The van der Waals surface area contributed by atoms with Gasteiger partial charge in [-0.15, -0.1) is 0 Å². The monoisotopic (exact) mass is 368 g/mol. The molecule has 26 heavy (non-hydrogen) atoms. The predicted octanol–water partition coefficient (Wildman–Crippen LogP) is 8.83. The highest BCUT2D eigenvalue weighted by atomic mass is 16.2. The van der Waals surface area contributed by atoms with E-state index in [-0.39, 0.29) is 0 Å². The molecule has 1 atom stereocenters. The van der Waals surface area contributed by atoms with Crippen molar-refractivity contribution in [3.63, 3.8) is 0 Å². The van der Waals surface area contributed by atoms with Crippen molar-refractivity contribution in [2.45, 2.75) is 149 Å². The zero-order valence-electron chi connectivity index (χ0n) is 18.6. The van der Waals surface area contributed by atoms with Crippen molar-refractivity contribution < 1.29 is 5.11 Å². The zero-order chi connectivity index (χ0) is 19.1. The van der Waals surface area contributed by atoms with Gasteiger partial charge in [0, 0.05) is 6.61 Å². The molecular formula is C25H52O. The second kappa shape index (κ2) is 23.0. The number of aliphatic hydroxyl groups excluding tert-OH is 1. The van der Waals surface area contributed by atoms with Gasteiger partial charge in [0.25, 0.3) is 0 Å². The smallest absolute Gasteiger partial charge is 0.0431 e. The first-order valence-corrected chi connectivity index (χ1v) is 12.4. The van der Waals surface area contributed by atoms with Crippen LogP contribution in [0.25, 0.3) is 0 Å². The number of hydrogen-bond donors (Lipinski definition) is 1. The highest BCUT2D eigenvalue weighted by Gasteiger charge is 1.98. The van der Waals surface area contributed by atoms with Crippen LogP contribution in [0.15, 0.2) is 0 Å². The van der Waals surface area contributed by atoms with E-state index in [2.05, 4.69) is 13.8 Å². The zero-order valence-corrected chi connectivity index (χ0v) is 18.6. The normalized spacial score (nSPS) is 12.6. The fourth-order valence-corrected chi connectivity index (χ4v) is 3.81. The Bertz CT molecular complexity index is 238. The molecule has 0 amide bonds. The Hall–Kier alpha value is -0.0400. The minimum Gasteiger partial charge on any atom is -0.396 e. The Morgan fingerprint density at radius 1 is 0.462 bits per heavy atom. The molecule has 1 N–H and O–H groups in total. The van der Waals surface area contributed by atoms with Gasteiger partial charge < -0.3 is 5.11 Å². The molecule has 0 aliphatic rings. The highest BCUT2D eigenvalue weighted by Crippen LogP contribution is 2.16. The molecule has 0 saturated heterocycles. The predicted molar refractivity (Wildman–Crippen MR) is 119 cm³/mol. The molecule has 0 heterocycles. The summed E-state index contributed by atoms with van der Waals surface area (Å²) in [5.41, 5.74) is 0. The summed E-state index contributed by atoms with van der Waals surface area (Å²) in [5, 5.41) is 8.73. The molecule has 0 saturated carbocycles. The highest BCUT2D eigenvalue weighted by molar-refractivity contribution is 4.53. The summed E-state index contributed by atoms with van der Waals surface area (Å²) in [6.45, 7) is 5.08. The van der Waals surface area contributed by atoms with E-state index in [1.807, 2.05) is 0 Å². The molecule has 0 aromatic rings. The second-order valence-electron chi connectivity index (χ2n) is 8.74. The van der Waals surface area contributed by atoms with Crippen molar-refractivity contribution in [2.75, 3.05) is 6.61 Å². The first-order valence-electron chi connectivity index (χ1n) is 12.4. The fraction of sp³-hybridized carbons (Fsp3) is 1.00. The van der Waals surface area contributed by atoms with E-state index < -0.39 is 0 Å². The van der Waals surface area contributed by atoms with E-state index in [1.54, 1.807) is 0 Å². The lowest BCUT2D eigenvalue weighted by Crippen LogP contribution is -1.91. The Kier molecular flexibility index (Phi) is 23.0. The van der Waals surface area contributed by atoms with Crippen LogP contribution in [-0.4, -0.2) is 11.7 Å². The molecule has 0 aliphatic carbocycles. The summed E-state index contributed by atoms with van der Waals surface area (Å²) in [6, 6.07) is 0. The summed E-state index contributed by atoms with van der Waals surface area (Å²) in [5.74, 6) is 0.942. The average molecular weight is 369 g/mol. The average Bonchev–Trinajstić information content (AvgIpc) is 2.66. The van der Waals surface area contributed by atoms with Gasteiger partial charge in [-0.3, -0.25) is 0 Å². The van der Waals surface area contributed by atoms with Crippen molar-refractivity contribution in [2.24, 2.45) is 5.92 Å². The minimum absolute atomic E-state index is 0.374. The number of hydrogen-bond acceptors (Lipinski definition) is 1. The lowest BCUT2D eigenvalue weighted by Gasteiger charge is -2.07. The van der Waals surface area contributed by atoms with E-state index in [4.69, 9.17) is 5.11 Å². The third-order valence-electron chi connectivity index (χ3n) is 6.05. The van der Waals surface area contributed by atoms with Crippen LogP contribution in [0.5, 0.6) is 0 Å². The molecule has 0 fully saturated rings. The van der Waals surface area contributed by atoms with Gasteiger partial charge in [0.2, 0.25) is 0 Å². The van der Waals surface area contributed by atoms with E-state index in [0.717, 1.165) is 12.3 Å². The molecule has 1 nitrogen and oxygen atoms in total. The molecular weight excluding hydrogens is 316 g/mol. The quantitative estimate of drug-likeness (QED) is 0.189. The van der Waals surface area contributed by atoms with Gasteiger partial charge >= 0.3 is 0 Å². The summed E-state index contributed by atoms with van der Waals surface area (Å²) < 4.78 is 0. The molecule has 0 aromatic carbocycles. The van der Waals surface area contributed by atoms with Crippen molar-refractivity contribution >= 4 is 0 Å². The maximum Gasteiger partial charge on any atom is 0.0431 e. The summed E-state index contributed by atoms with van der Waals surface area (Å²) in [4.78, 5) is 0. The molecule has 0 rings (SSSR count). The third kappa shape index (κ3) is 22.0. The minimum atomic E-state index is 0.374. The van der Waals surface area contributed by atoms with Crippen molar-refractivity contribution in [1.29, 1.82) is 0 Å². The van der Waals surface area contributed by atoms with Crippen LogP contribution in [0.1, 0.15) is 149 Å². The van der Waals surface area contributed by atoms with Crippen LogP contribution >= 0.6 is 0 Å². The topological polar surface area (TPSA) is 20.2 Å². The molecule has 0 aromatic heterocycles. The van der Waals surface area contributed by atoms with E-state index >= 15 is 0 Å². The lowest BCUT2D eigenvalue weighted by atomic mass is 9.99.